The van der Waals surface area contributed by atoms with Crippen LogP contribution in [0.25, 0.3) is 95.5 Å². The van der Waals surface area contributed by atoms with Gasteiger partial charge in [0.2, 0.25) is 0 Å². The highest BCUT2D eigenvalue weighted by molar-refractivity contribution is 5.87. The molecular formula is C58H38N4. The zero-order valence-corrected chi connectivity index (χ0v) is 33.8. The molecule has 0 saturated heterocycles. The molecule has 0 radical (unpaired) electrons. The van der Waals surface area contributed by atoms with E-state index in [2.05, 4.69) is 139 Å². The van der Waals surface area contributed by atoms with Crippen LogP contribution in [0.1, 0.15) is 16.8 Å². The maximum atomic E-state index is 5.06. The van der Waals surface area contributed by atoms with Crippen molar-refractivity contribution >= 4 is 5.57 Å². The number of fused-ring (bicyclic) bond motifs is 3. The van der Waals surface area contributed by atoms with Crippen LogP contribution in [0.5, 0.6) is 0 Å². The molecule has 7 aromatic carbocycles. The van der Waals surface area contributed by atoms with Gasteiger partial charge in [-0.1, -0.05) is 187 Å². The lowest BCUT2D eigenvalue weighted by atomic mass is 9.79. The number of hydrogen-bond acceptors (Lipinski definition) is 4. The summed E-state index contributed by atoms with van der Waals surface area (Å²) in [6.45, 7) is 0. The van der Waals surface area contributed by atoms with Crippen molar-refractivity contribution in [3.05, 3.63) is 235 Å². The SMILES string of the molecule is C1=C=CC(c2cc(-c3ccccc3)nc(-c3ccc(-c4cccc5c4CCc4c(-c6ccc(-c7nc(-c8ccccc8)cc(-c8ccccc8)n7)cc6)cccc4-5)cc3)n2)=CC=1. The molecule has 2 heterocycles. The second kappa shape index (κ2) is 16.1. The first kappa shape index (κ1) is 36.8. The quantitative estimate of drug-likeness (QED) is 0.144. The van der Waals surface area contributed by atoms with E-state index in [0.29, 0.717) is 11.6 Å². The average molecular weight is 791 g/mol. The fraction of sp³-hybridized carbons (Fsp3) is 0.0345. The van der Waals surface area contributed by atoms with Crippen molar-refractivity contribution in [2.45, 2.75) is 12.8 Å². The van der Waals surface area contributed by atoms with E-state index >= 15 is 0 Å². The van der Waals surface area contributed by atoms with Crippen LogP contribution in [0.3, 0.4) is 0 Å². The van der Waals surface area contributed by atoms with Crippen LogP contribution in [0.4, 0.5) is 0 Å². The molecule has 0 bridgehead atoms. The Bertz CT molecular complexity index is 3210. The molecule has 62 heavy (non-hydrogen) atoms. The summed E-state index contributed by atoms with van der Waals surface area (Å²) in [5.74, 6) is 1.40. The molecule has 0 spiro atoms. The molecule has 0 atom stereocenters. The van der Waals surface area contributed by atoms with Gasteiger partial charge in [0.15, 0.2) is 11.6 Å². The second-order valence-corrected chi connectivity index (χ2v) is 15.6. The number of nitrogens with zero attached hydrogens (tertiary/aromatic N) is 4. The van der Waals surface area contributed by atoms with Crippen molar-refractivity contribution in [1.82, 2.24) is 19.9 Å². The van der Waals surface area contributed by atoms with Gasteiger partial charge >= 0.3 is 0 Å². The van der Waals surface area contributed by atoms with E-state index in [0.717, 1.165) is 69.0 Å². The Hall–Kier alpha value is -8.26. The van der Waals surface area contributed by atoms with Gasteiger partial charge in [-0.15, -0.1) is 0 Å². The topological polar surface area (TPSA) is 51.6 Å². The summed E-state index contributed by atoms with van der Waals surface area (Å²) in [6.07, 6.45) is 7.71. The zero-order chi connectivity index (χ0) is 41.2. The third kappa shape index (κ3) is 7.12. The highest BCUT2D eigenvalue weighted by Crippen LogP contribution is 2.43. The normalized spacial score (nSPS) is 12.4. The number of aromatic nitrogens is 4. The lowest BCUT2D eigenvalue weighted by Crippen LogP contribution is -2.07. The van der Waals surface area contributed by atoms with Crippen molar-refractivity contribution in [3.63, 3.8) is 0 Å². The summed E-state index contributed by atoms with van der Waals surface area (Å²) >= 11 is 0. The van der Waals surface area contributed by atoms with Crippen LogP contribution in [0, 0.1) is 0 Å². The minimum atomic E-state index is 0.690. The summed E-state index contributed by atoms with van der Waals surface area (Å²) in [5, 5.41) is 0. The lowest BCUT2D eigenvalue weighted by molar-refractivity contribution is 0.946. The van der Waals surface area contributed by atoms with E-state index in [1.807, 2.05) is 78.9 Å². The Morgan fingerprint density at radius 2 is 0.710 bits per heavy atom. The Morgan fingerprint density at radius 3 is 1.13 bits per heavy atom. The lowest BCUT2D eigenvalue weighted by Gasteiger charge is -2.25. The highest BCUT2D eigenvalue weighted by atomic mass is 14.9. The first-order valence-corrected chi connectivity index (χ1v) is 21.0. The van der Waals surface area contributed by atoms with Crippen LogP contribution in [0.15, 0.2) is 218 Å². The van der Waals surface area contributed by atoms with Crippen LogP contribution < -0.4 is 0 Å². The van der Waals surface area contributed by atoms with Crippen LogP contribution >= 0.6 is 0 Å². The minimum absolute atomic E-state index is 0.690. The Labute approximate surface area is 361 Å². The van der Waals surface area contributed by atoms with Gasteiger partial charge in [0.05, 0.1) is 22.8 Å². The summed E-state index contributed by atoms with van der Waals surface area (Å²) in [5.41, 5.74) is 26.0. The molecule has 0 unspecified atom stereocenters. The second-order valence-electron chi connectivity index (χ2n) is 15.6. The molecule has 11 rings (SSSR count). The molecule has 0 N–H and O–H groups in total. The fourth-order valence-corrected chi connectivity index (χ4v) is 8.68. The fourth-order valence-electron chi connectivity index (χ4n) is 8.68. The zero-order valence-electron chi connectivity index (χ0n) is 33.8. The van der Waals surface area contributed by atoms with E-state index < -0.39 is 0 Å². The molecule has 2 aliphatic carbocycles. The molecule has 0 aliphatic heterocycles. The number of benzene rings is 7. The summed E-state index contributed by atoms with van der Waals surface area (Å²) in [7, 11) is 0. The van der Waals surface area contributed by atoms with Crippen LogP contribution in [0.2, 0.25) is 0 Å². The monoisotopic (exact) mass is 790 g/mol. The molecule has 4 nitrogen and oxygen atoms in total. The van der Waals surface area contributed by atoms with E-state index in [9.17, 15) is 0 Å². The van der Waals surface area contributed by atoms with Gasteiger partial charge in [0.1, 0.15) is 0 Å². The molecule has 0 amide bonds. The van der Waals surface area contributed by atoms with Crippen molar-refractivity contribution in [1.29, 1.82) is 0 Å². The third-order valence-corrected chi connectivity index (χ3v) is 11.8. The third-order valence-electron chi connectivity index (χ3n) is 11.8. The molecule has 290 valence electrons. The number of hydrogen-bond donors (Lipinski definition) is 0. The van der Waals surface area contributed by atoms with Crippen LogP contribution in [-0.4, -0.2) is 19.9 Å². The van der Waals surface area contributed by atoms with Crippen molar-refractivity contribution in [2.75, 3.05) is 0 Å². The summed E-state index contributed by atoms with van der Waals surface area (Å²) < 4.78 is 0. The largest absolute Gasteiger partial charge is 0.228 e. The van der Waals surface area contributed by atoms with Gasteiger partial charge in [-0.3, -0.25) is 0 Å². The van der Waals surface area contributed by atoms with Gasteiger partial charge in [0.25, 0.3) is 0 Å². The van der Waals surface area contributed by atoms with E-state index in [4.69, 9.17) is 19.9 Å². The Balaban J connectivity index is 0.902. The van der Waals surface area contributed by atoms with Crippen LogP contribution in [-0.2, 0) is 12.8 Å². The van der Waals surface area contributed by atoms with Gasteiger partial charge < -0.3 is 0 Å². The number of allylic oxidation sites excluding steroid dienone is 4. The summed E-state index contributed by atoms with van der Waals surface area (Å²) in [4.78, 5) is 20.2. The van der Waals surface area contributed by atoms with Gasteiger partial charge in [-0.25, -0.2) is 19.9 Å². The summed E-state index contributed by atoms with van der Waals surface area (Å²) in [6, 6.07) is 66.0. The Morgan fingerprint density at radius 1 is 0.323 bits per heavy atom. The molecule has 4 heteroatoms. The first-order valence-electron chi connectivity index (χ1n) is 21.0. The highest BCUT2D eigenvalue weighted by Gasteiger charge is 2.22. The predicted octanol–water partition coefficient (Wildman–Crippen LogP) is 14.0. The minimum Gasteiger partial charge on any atom is -0.228 e. The predicted molar refractivity (Wildman–Crippen MR) is 253 cm³/mol. The van der Waals surface area contributed by atoms with E-state index in [1.54, 1.807) is 0 Å². The van der Waals surface area contributed by atoms with Gasteiger partial charge in [-0.05, 0) is 87.7 Å². The number of rotatable bonds is 8. The molecular weight excluding hydrogens is 753 g/mol. The molecule has 2 aromatic heterocycles. The molecule has 0 saturated carbocycles. The smallest absolute Gasteiger partial charge is 0.160 e. The standard InChI is InChI=1S/C58H38N4/c1-5-15-41(16-6-1)53-37-54(42-17-7-2-8-18-42)60-57(59-53)45-31-27-39(28-32-45)47-23-13-25-49-50-26-14-24-48(52(50)36-35-51(47)49)40-29-33-46(34-30-40)58-61-55(43-19-9-3-10-20-43)38-56(62-58)44-21-11-4-12-22-44/h1-3,5-11,13-34,37-38H,35-36H2. The Kier molecular flexibility index (Phi) is 9.53. The van der Waals surface area contributed by atoms with E-state index in [1.165, 1.54) is 44.5 Å². The van der Waals surface area contributed by atoms with Crippen molar-refractivity contribution < 1.29 is 0 Å². The maximum Gasteiger partial charge on any atom is 0.160 e. The van der Waals surface area contributed by atoms with Crippen molar-refractivity contribution in [3.8, 4) is 89.9 Å². The molecule has 2 aliphatic rings. The molecule has 0 fully saturated rings. The average Bonchev–Trinajstić information content (AvgIpc) is 3.37. The molecule has 9 aromatic rings. The maximum absolute atomic E-state index is 5.06. The van der Waals surface area contributed by atoms with Gasteiger partial charge in [-0.2, -0.15) is 0 Å². The van der Waals surface area contributed by atoms with Crippen molar-refractivity contribution in [2.24, 2.45) is 0 Å². The van der Waals surface area contributed by atoms with E-state index in [-0.39, 0.29) is 0 Å². The van der Waals surface area contributed by atoms with Gasteiger partial charge in [0, 0.05) is 33.4 Å². The first-order chi connectivity index (χ1) is 30.7.